The maximum Gasteiger partial charge on any atom is 0.276 e. The van der Waals surface area contributed by atoms with E-state index >= 15 is 0 Å². The smallest absolute Gasteiger partial charge is 0.276 e. The van der Waals surface area contributed by atoms with Gasteiger partial charge < -0.3 is 4.74 Å². The zero-order valence-electron chi connectivity index (χ0n) is 8.58. The summed E-state index contributed by atoms with van der Waals surface area (Å²) in [6.07, 6.45) is 0. The molecule has 1 aromatic carbocycles. The molecule has 0 saturated carbocycles. The van der Waals surface area contributed by atoms with Gasteiger partial charge >= 0.3 is 0 Å². The maximum atomic E-state index is 10.7. The zero-order chi connectivity index (χ0) is 12.4. The van der Waals surface area contributed by atoms with Crippen molar-refractivity contribution < 1.29 is 9.66 Å². The molecular weight excluding hydrogens is 266 g/mol. The average molecular weight is 272 g/mol. The molecule has 2 rings (SSSR count). The fraction of sp³-hybridized carbons (Fsp3) is 0.111. The van der Waals surface area contributed by atoms with Crippen LogP contribution in [0.4, 0.5) is 5.69 Å². The lowest BCUT2D eigenvalue weighted by Crippen LogP contribution is -1.94. The SMILES string of the molecule is Cc1c(Oc2nsnc2Cl)cccc1[N+](=O)[O-]. The fourth-order valence-corrected chi connectivity index (χ4v) is 1.86. The minimum Gasteiger partial charge on any atom is -0.435 e. The Hall–Kier alpha value is -1.73. The third-order valence-electron chi connectivity index (χ3n) is 2.08. The minimum absolute atomic E-state index is 0.0122. The molecule has 0 unspecified atom stereocenters. The molecule has 0 N–H and O–H groups in total. The van der Waals surface area contributed by atoms with E-state index in [1.54, 1.807) is 13.0 Å². The van der Waals surface area contributed by atoms with E-state index in [4.69, 9.17) is 16.3 Å². The quantitative estimate of drug-likeness (QED) is 0.633. The second-order valence-electron chi connectivity index (χ2n) is 3.12. The van der Waals surface area contributed by atoms with E-state index in [-0.39, 0.29) is 16.7 Å². The highest BCUT2D eigenvalue weighted by molar-refractivity contribution is 6.99. The Labute approximate surface area is 105 Å². The van der Waals surface area contributed by atoms with E-state index in [2.05, 4.69) is 8.75 Å². The Morgan fingerprint density at radius 1 is 1.47 bits per heavy atom. The van der Waals surface area contributed by atoms with Crippen molar-refractivity contribution >= 4 is 29.0 Å². The number of aromatic nitrogens is 2. The second kappa shape index (κ2) is 4.64. The largest absolute Gasteiger partial charge is 0.435 e. The first-order valence-electron chi connectivity index (χ1n) is 4.49. The summed E-state index contributed by atoms with van der Waals surface area (Å²) in [4.78, 5) is 10.3. The van der Waals surface area contributed by atoms with Crippen LogP contribution >= 0.6 is 23.3 Å². The second-order valence-corrected chi connectivity index (χ2v) is 4.01. The van der Waals surface area contributed by atoms with Gasteiger partial charge in [-0.05, 0) is 13.0 Å². The Morgan fingerprint density at radius 2 is 2.24 bits per heavy atom. The van der Waals surface area contributed by atoms with E-state index in [0.29, 0.717) is 11.3 Å². The van der Waals surface area contributed by atoms with Crippen molar-refractivity contribution in [2.75, 3.05) is 0 Å². The molecule has 0 bridgehead atoms. The molecule has 1 heterocycles. The summed E-state index contributed by atoms with van der Waals surface area (Å²) in [6.45, 7) is 1.60. The summed E-state index contributed by atoms with van der Waals surface area (Å²) in [7, 11) is 0. The number of nitro benzene ring substituents is 1. The molecule has 88 valence electrons. The Morgan fingerprint density at radius 3 is 2.82 bits per heavy atom. The molecule has 8 heteroatoms. The molecular formula is C9H6ClN3O3S. The molecule has 0 spiro atoms. The van der Waals surface area contributed by atoms with E-state index in [0.717, 1.165) is 11.7 Å². The van der Waals surface area contributed by atoms with Gasteiger partial charge in [-0.2, -0.15) is 4.37 Å². The van der Waals surface area contributed by atoms with Gasteiger partial charge in [0.05, 0.1) is 22.2 Å². The third-order valence-corrected chi connectivity index (χ3v) is 2.94. The van der Waals surface area contributed by atoms with Crippen LogP contribution in [0.25, 0.3) is 0 Å². The maximum absolute atomic E-state index is 10.7. The number of nitro groups is 1. The number of benzene rings is 1. The van der Waals surface area contributed by atoms with Gasteiger partial charge in [0.2, 0.25) is 5.15 Å². The molecule has 0 aliphatic carbocycles. The van der Waals surface area contributed by atoms with Gasteiger partial charge in [-0.15, -0.1) is 4.37 Å². The fourth-order valence-electron chi connectivity index (χ4n) is 1.25. The number of hydrogen-bond acceptors (Lipinski definition) is 6. The summed E-state index contributed by atoms with van der Waals surface area (Å²) >= 11 is 6.63. The molecule has 2 aromatic rings. The van der Waals surface area contributed by atoms with Crippen LogP contribution in [0.3, 0.4) is 0 Å². The Balaban J connectivity index is 2.37. The number of halogens is 1. The van der Waals surface area contributed by atoms with Crippen molar-refractivity contribution in [3.05, 3.63) is 39.0 Å². The molecule has 17 heavy (non-hydrogen) atoms. The lowest BCUT2D eigenvalue weighted by Gasteiger charge is -2.05. The highest BCUT2D eigenvalue weighted by Gasteiger charge is 2.16. The van der Waals surface area contributed by atoms with Gasteiger partial charge in [0.15, 0.2) is 0 Å². The summed E-state index contributed by atoms with van der Waals surface area (Å²) < 4.78 is 12.9. The lowest BCUT2D eigenvalue weighted by atomic mass is 10.2. The molecule has 1 aromatic heterocycles. The summed E-state index contributed by atoms with van der Waals surface area (Å²) in [5.74, 6) is 0.495. The van der Waals surface area contributed by atoms with Crippen LogP contribution in [0.15, 0.2) is 18.2 Å². The van der Waals surface area contributed by atoms with Gasteiger partial charge in [0.1, 0.15) is 5.75 Å². The first-order chi connectivity index (χ1) is 8.09. The zero-order valence-corrected chi connectivity index (χ0v) is 10.2. The predicted octanol–water partition coefficient (Wildman–Crippen LogP) is 3.20. The van der Waals surface area contributed by atoms with Crippen LogP contribution in [0.5, 0.6) is 11.6 Å². The highest BCUT2D eigenvalue weighted by Crippen LogP contribution is 2.32. The van der Waals surface area contributed by atoms with Crippen LogP contribution in [0.1, 0.15) is 5.56 Å². The van der Waals surface area contributed by atoms with Crippen LogP contribution in [0.2, 0.25) is 5.15 Å². The Bertz CT molecular complexity index is 572. The van der Waals surface area contributed by atoms with Crippen molar-refractivity contribution in [1.82, 2.24) is 8.75 Å². The normalized spacial score (nSPS) is 10.2. The van der Waals surface area contributed by atoms with Crippen molar-refractivity contribution in [3.63, 3.8) is 0 Å². The molecule has 0 atom stereocenters. The van der Waals surface area contributed by atoms with Crippen LogP contribution < -0.4 is 4.74 Å². The van der Waals surface area contributed by atoms with E-state index in [1.165, 1.54) is 12.1 Å². The molecule has 0 amide bonds. The minimum atomic E-state index is -0.469. The Kier molecular flexibility index (Phi) is 3.21. The topological polar surface area (TPSA) is 78.2 Å². The number of ether oxygens (including phenoxy) is 1. The van der Waals surface area contributed by atoms with Crippen LogP contribution in [-0.2, 0) is 0 Å². The first-order valence-corrected chi connectivity index (χ1v) is 5.60. The monoisotopic (exact) mass is 271 g/mol. The summed E-state index contributed by atoms with van der Waals surface area (Å²) in [5, 5.41) is 10.9. The van der Waals surface area contributed by atoms with E-state index < -0.39 is 4.92 Å². The van der Waals surface area contributed by atoms with Crippen LogP contribution in [-0.4, -0.2) is 13.7 Å². The van der Waals surface area contributed by atoms with Gasteiger partial charge in [0.25, 0.3) is 11.6 Å². The standard InChI is InChI=1S/C9H6ClN3O3S/c1-5-6(13(14)15)3-2-4-7(5)16-9-8(10)11-17-12-9/h2-4H,1H3. The average Bonchev–Trinajstić information content (AvgIpc) is 2.67. The van der Waals surface area contributed by atoms with E-state index in [1.807, 2.05) is 0 Å². The van der Waals surface area contributed by atoms with Gasteiger partial charge in [-0.3, -0.25) is 10.1 Å². The number of hydrogen-bond donors (Lipinski definition) is 0. The predicted molar refractivity (Wildman–Crippen MR) is 62.8 cm³/mol. The van der Waals surface area contributed by atoms with Crippen molar-refractivity contribution in [2.45, 2.75) is 6.92 Å². The van der Waals surface area contributed by atoms with Crippen molar-refractivity contribution in [2.24, 2.45) is 0 Å². The summed E-state index contributed by atoms with van der Waals surface area (Å²) in [6, 6.07) is 4.55. The highest BCUT2D eigenvalue weighted by atomic mass is 35.5. The third kappa shape index (κ3) is 2.34. The molecule has 0 aliphatic rings. The molecule has 6 nitrogen and oxygen atoms in total. The molecule has 0 aliphatic heterocycles. The van der Waals surface area contributed by atoms with Crippen molar-refractivity contribution in [3.8, 4) is 11.6 Å². The van der Waals surface area contributed by atoms with Gasteiger partial charge in [-0.25, -0.2) is 0 Å². The summed E-state index contributed by atoms with van der Waals surface area (Å²) in [5.41, 5.74) is 0.406. The molecule has 0 fully saturated rings. The number of rotatable bonds is 3. The molecule has 0 saturated heterocycles. The van der Waals surface area contributed by atoms with E-state index in [9.17, 15) is 10.1 Å². The van der Waals surface area contributed by atoms with Crippen LogP contribution in [0, 0.1) is 17.0 Å². The first kappa shape index (κ1) is 11.7. The van der Waals surface area contributed by atoms with Gasteiger partial charge in [0, 0.05) is 6.07 Å². The lowest BCUT2D eigenvalue weighted by molar-refractivity contribution is -0.385. The van der Waals surface area contributed by atoms with Crippen molar-refractivity contribution in [1.29, 1.82) is 0 Å². The van der Waals surface area contributed by atoms with Gasteiger partial charge in [-0.1, -0.05) is 17.7 Å². The number of nitrogens with zero attached hydrogens (tertiary/aromatic N) is 3. The molecule has 0 radical (unpaired) electrons.